The van der Waals surface area contributed by atoms with Crippen molar-refractivity contribution in [2.75, 3.05) is 5.32 Å². The Kier molecular flexibility index (Phi) is 4.61. The van der Waals surface area contributed by atoms with Gasteiger partial charge < -0.3 is 10.1 Å². The molecular formula is C17H20FNO. The van der Waals surface area contributed by atoms with E-state index in [2.05, 4.69) is 5.32 Å². The fraction of sp³-hybridized carbons (Fsp3) is 0.294. The highest BCUT2D eigenvalue weighted by molar-refractivity contribution is 5.46. The molecule has 2 aromatic rings. The van der Waals surface area contributed by atoms with Crippen LogP contribution in [0.2, 0.25) is 0 Å². The Balaban J connectivity index is 1.96. The second-order valence-electron chi connectivity index (χ2n) is 5.15. The largest absolute Gasteiger partial charge is 0.491 e. The molecule has 20 heavy (non-hydrogen) atoms. The van der Waals surface area contributed by atoms with Gasteiger partial charge in [-0.2, -0.15) is 0 Å². The number of halogens is 1. The maximum absolute atomic E-state index is 13.7. The number of benzene rings is 2. The van der Waals surface area contributed by atoms with Crippen molar-refractivity contribution in [2.45, 2.75) is 33.4 Å². The molecular weight excluding hydrogens is 253 g/mol. The summed E-state index contributed by atoms with van der Waals surface area (Å²) >= 11 is 0. The number of anilines is 1. The normalized spacial score (nSPS) is 10.7. The highest BCUT2D eigenvalue weighted by Gasteiger charge is 2.02. The van der Waals surface area contributed by atoms with Crippen LogP contribution in [0, 0.1) is 12.7 Å². The van der Waals surface area contributed by atoms with Crippen molar-refractivity contribution in [2.24, 2.45) is 0 Å². The van der Waals surface area contributed by atoms with E-state index in [1.54, 1.807) is 6.07 Å². The fourth-order valence-electron chi connectivity index (χ4n) is 1.92. The molecule has 1 N–H and O–H groups in total. The van der Waals surface area contributed by atoms with Crippen LogP contribution >= 0.6 is 0 Å². The minimum Gasteiger partial charge on any atom is -0.491 e. The predicted molar refractivity (Wildman–Crippen MR) is 80.7 cm³/mol. The first-order chi connectivity index (χ1) is 9.54. The molecule has 0 unspecified atom stereocenters. The lowest BCUT2D eigenvalue weighted by Gasteiger charge is -2.11. The maximum Gasteiger partial charge on any atom is 0.146 e. The van der Waals surface area contributed by atoms with Crippen molar-refractivity contribution in [3.63, 3.8) is 0 Å². The molecule has 0 spiro atoms. The SMILES string of the molecule is Cc1ccc(NCc2ccc(OC(C)C)cc2)c(F)c1. The van der Waals surface area contributed by atoms with Crippen LogP contribution in [0.5, 0.6) is 5.75 Å². The van der Waals surface area contributed by atoms with Gasteiger partial charge in [0.15, 0.2) is 0 Å². The van der Waals surface area contributed by atoms with Gasteiger partial charge in [0.2, 0.25) is 0 Å². The molecule has 0 saturated heterocycles. The van der Waals surface area contributed by atoms with E-state index >= 15 is 0 Å². The highest BCUT2D eigenvalue weighted by Crippen LogP contribution is 2.18. The molecule has 2 aromatic carbocycles. The molecule has 106 valence electrons. The zero-order valence-electron chi connectivity index (χ0n) is 12.1. The minimum absolute atomic E-state index is 0.167. The average molecular weight is 273 g/mol. The van der Waals surface area contributed by atoms with Gasteiger partial charge in [0.1, 0.15) is 11.6 Å². The topological polar surface area (TPSA) is 21.3 Å². The van der Waals surface area contributed by atoms with Crippen LogP contribution in [0.25, 0.3) is 0 Å². The quantitative estimate of drug-likeness (QED) is 0.864. The van der Waals surface area contributed by atoms with E-state index in [-0.39, 0.29) is 11.9 Å². The summed E-state index contributed by atoms with van der Waals surface area (Å²) in [6.45, 7) is 6.45. The summed E-state index contributed by atoms with van der Waals surface area (Å²) in [7, 11) is 0. The monoisotopic (exact) mass is 273 g/mol. The number of ether oxygens (including phenoxy) is 1. The lowest BCUT2D eigenvalue weighted by Crippen LogP contribution is -2.06. The van der Waals surface area contributed by atoms with Gasteiger partial charge in [-0.1, -0.05) is 18.2 Å². The van der Waals surface area contributed by atoms with Gasteiger partial charge in [-0.05, 0) is 56.2 Å². The van der Waals surface area contributed by atoms with E-state index in [4.69, 9.17) is 4.74 Å². The molecule has 0 fully saturated rings. The van der Waals surface area contributed by atoms with E-state index in [9.17, 15) is 4.39 Å². The smallest absolute Gasteiger partial charge is 0.146 e. The van der Waals surface area contributed by atoms with Crippen molar-refractivity contribution < 1.29 is 9.13 Å². The van der Waals surface area contributed by atoms with Crippen molar-refractivity contribution in [3.05, 3.63) is 59.4 Å². The van der Waals surface area contributed by atoms with E-state index < -0.39 is 0 Å². The predicted octanol–water partition coefficient (Wildman–Crippen LogP) is 4.53. The summed E-state index contributed by atoms with van der Waals surface area (Å²) in [4.78, 5) is 0. The highest BCUT2D eigenvalue weighted by atomic mass is 19.1. The lowest BCUT2D eigenvalue weighted by molar-refractivity contribution is 0.242. The number of nitrogens with one attached hydrogen (secondary N) is 1. The molecule has 0 heterocycles. The van der Waals surface area contributed by atoms with Crippen LogP contribution in [0.4, 0.5) is 10.1 Å². The van der Waals surface area contributed by atoms with E-state index in [1.165, 1.54) is 6.07 Å². The van der Waals surface area contributed by atoms with Gasteiger partial charge in [-0.3, -0.25) is 0 Å². The Labute approximate surface area is 119 Å². The summed E-state index contributed by atoms with van der Waals surface area (Å²) in [5.41, 5.74) is 2.53. The second kappa shape index (κ2) is 6.42. The molecule has 0 aliphatic heterocycles. The van der Waals surface area contributed by atoms with Gasteiger partial charge in [-0.15, -0.1) is 0 Å². The van der Waals surface area contributed by atoms with Crippen LogP contribution in [0.15, 0.2) is 42.5 Å². The fourth-order valence-corrected chi connectivity index (χ4v) is 1.92. The molecule has 2 nitrogen and oxygen atoms in total. The number of hydrogen-bond donors (Lipinski definition) is 1. The lowest BCUT2D eigenvalue weighted by atomic mass is 10.2. The number of hydrogen-bond acceptors (Lipinski definition) is 2. The first kappa shape index (κ1) is 14.4. The van der Waals surface area contributed by atoms with Gasteiger partial charge in [0.05, 0.1) is 11.8 Å². The van der Waals surface area contributed by atoms with E-state index in [0.29, 0.717) is 12.2 Å². The molecule has 2 rings (SSSR count). The van der Waals surface area contributed by atoms with Crippen LogP contribution in [0.3, 0.4) is 0 Å². The first-order valence-corrected chi connectivity index (χ1v) is 6.80. The van der Waals surface area contributed by atoms with Crippen molar-refractivity contribution >= 4 is 5.69 Å². The molecule has 0 aliphatic carbocycles. The maximum atomic E-state index is 13.7. The Bertz CT molecular complexity index is 564. The summed E-state index contributed by atoms with van der Waals surface area (Å²) in [5.74, 6) is 0.634. The molecule has 0 atom stereocenters. The molecule has 0 aliphatic rings. The van der Waals surface area contributed by atoms with Crippen molar-refractivity contribution in [3.8, 4) is 5.75 Å². The van der Waals surface area contributed by atoms with Crippen LogP contribution in [-0.4, -0.2) is 6.10 Å². The third kappa shape index (κ3) is 3.98. The summed E-state index contributed by atoms with van der Waals surface area (Å²) in [6.07, 6.45) is 0.167. The standard InChI is InChI=1S/C17H20FNO/c1-12(2)20-15-7-5-14(6-8-15)11-19-17-9-4-13(3)10-16(17)18/h4-10,12,19H,11H2,1-3H3. The zero-order chi connectivity index (χ0) is 14.5. The minimum atomic E-state index is -0.218. The van der Waals surface area contributed by atoms with E-state index in [0.717, 1.165) is 16.9 Å². The van der Waals surface area contributed by atoms with Crippen LogP contribution < -0.4 is 10.1 Å². The third-order valence-corrected chi connectivity index (χ3v) is 2.90. The third-order valence-electron chi connectivity index (χ3n) is 2.90. The summed E-state index contributed by atoms with van der Waals surface area (Å²) in [5, 5.41) is 3.10. The number of rotatable bonds is 5. The second-order valence-corrected chi connectivity index (χ2v) is 5.15. The molecule has 0 bridgehead atoms. The van der Waals surface area contributed by atoms with Crippen LogP contribution in [-0.2, 0) is 6.54 Å². The zero-order valence-corrected chi connectivity index (χ0v) is 12.1. The Hall–Kier alpha value is -2.03. The van der Waals surface area contributed by atoms with Gasteiger partial charge in [-0.25, -0.2) is 4.39 Å². The summed E-state index contributed by atoms with van der Waals surface area (Å²) in [6, 6.07) is 13.0. The first-order valence-electron chi connectivity index (χ1n) is 6.80. The van der Waals surface area contributed by atoms with Gasteiger partial charge in [0, 0.05) is 6.54 Å². The Morgan fingerprint density at radius 2 is 1.80 bits per heavy atom. The van der Waals surface area contributed by atoms with Gasteiger partial charge in [0.25, 0.3) is 0 Å². The average Bonchev–Trinajstić information content (AvgIpc) is 2.39. The van der Waals surface area contributed by atoms with E-state index in [1.807, 2.05) is 51.1 Å². The molecule has 0 radical (unpaired) electrons. The Morgan fingerprint density at radius 3 is 2.40 bits per heavy atom. The summed E-state index contributed by atoms with van der Waals surface area (Å²) < 4.78 is 19.3. The van der Waals surface area contributed by atoms with Crippen molar-refractivity contribution in [1.29, 1.82) is 0 Å². The Morgan fingerprint density at radius 1 is 1.10 bits per heavy atom. The molecule has 3 heteroatoms. The molecule has 0 saturated carbocycles. The molecule has 0 aromatic heterocycles. The molecule has 0 amide bonds. The van der Waals surface area contributed by atoms with Crippen molar-refractivity contribution in [1.82, 2.24) is 0 Å². The van der Waals surface area contributed by atoms with Crippen LogP contribution in [0.1, 0.15) is 25.0 Å². The number of aryl methyl sites for hydroxylation is 1. The van der Waals surface area contributed by atoms with Gasteiger partial charge >= 0.3 is 0 Å².